The molecule has 0 bridgehead atoms. The van der Waals surface area contributed by atoms with Gasteiger partial charge in [0.05, 0.1) is 12.2 Å². The monoisotopic (exact) mass is 431 g/mol. The molecule has 0 spiro atoms. The van der Waals surface area contributed by atoms with Gasteiger partial charge >= 0.3 is 11.9 Å². The van der Waals surface area contributed by atoms with Crippen molar-refractivity contribution >= 4 is 23.9 Å². The number of rotatable bonds is 6. The van der Waals surface area contributed by atoms with E-state index in [9.17, 15) is 14.0 Å². The van der Waals surface area contributed by atoms with Crippen LogP contribution >= 0.6 is 0 Å². The third-order valence-electron chi connectivity index (χ3n) is 4.49. The van der Waals surface area contributed by atoms with Gasteiger partial charge in [0, 0.05) is 5.56 Å². The molecule has 0 unspecified atom stereocenters. The fourth-order valence-electron chi connectivity index (χ4n) is 2.98. The van der Waals surface area contributed by atoms with Crippen LogP contribution in [0.3, 0.4) is 0 Å². The van der Waals surface area contributed by atoms with Gasteiger partial charge in [0.2, 0.25) is 5.90 Å². The first kappa shape index (κ1) is 21.0. The number of ether oxygens (including phenoxy) is 3. The summed E-state index contributed by atoms with van der Waals surface area (Å²) in [5, 5.41) is 0. The van der Waals surface area contributed by atoms with Crippen LogP contribution in [-0.4, -0.2) is 24.4 Å². The number of carbonyl (C=O) groups is 2. The third-order valence-corrected chi connectivity index (χ3v) is 4.49. The van der Waals surface area contributed by atoms with E-state index < -0.39 is 17.8 Å². The molecule has 1 aliphatic heterocycles. The minimum absolute atomic E-state index is 0.141. The highest BCUT2D eigenvalue weighted by Crippen LogP contribution is 2.31. The molecule has 0 fully saturated rings. The van der Waals surface area contributed by atoms with Crippen LogP contribution in [0.15, 0.2) is 83.5 Å². The van der Waals surface area contributed by atoms with Gasteiger partial charge in [-0.3, -0.25) is 0 Å². The summed E-state index contributed by atoms with van der Waals surface area (Å²) in [5.74, 6) is -0.905. The third kappa shape index (κ3) is 4.73. The lowest BCUT2D eigenvalue weighted by Crippen LogP contribution is -2.09. The van der Waals surface area contributed by atoms with Gasteiger partial charge in [0.1, 0.15) is 5.82 Å². The van der Waals surface area contributed by atoms with Crippen LogP contribution < -0.4 is 9.47 Å². The Morgan fingerprint density at radius 1 is 1.03 bits per heavy atom. The van der Waals surface area contributed by atoms with E-state index in [-0.39, 0.29) is 22.9 Å². The van der Waals surface area contributed by atoms with Crippen molar-refractivity contribution in [3.8, 4) is 11.5 Å². The van der Waals surface area contributed by atoms with E-state index in [0.717, 1.165) is 0 Å². The maximum absolute atomic E-state index is 13.1. The molecule has 160 valence electrons. The molecule has 0 saturated carbocycles. The molecule has 0 amide bonds. The van der Waals surface area contributed by atoms with Crippen LogP contribution in [0.2, 0.25) is 0 Å². The Bertz CT molecular complexity index is 1220. The zero-order chi connectivity index (χ0) is 22.5. The number of nitrogens with zero attached hydrogens (tertiary/aromatic N) is 1. The average Bonchev–Trinajstić information content (AvgIpc) is 3.17. The largest absolute Gasteiger partial charge is 0.490 e. The van der Waals surface area contributed by atoms with Crippen LogP contribution in [0.1, 0.15) is 28.4 Å². The summed E-state index contributed by atoms with van der Waals surface area (Å²) in [5.41, 5.74) is 1.65. The topological polar surface area (TPSA) is 74.2 Å². The summed E-state index contributed by atoms with van der Waals surface area (Å²) in [7, 11) is 0. The Hall–Kier alpha value is -4.26. The molecule has 0 N–H and O–H groups in total. The Labute approximate surface area is 183 Å². The van der Waals surface area contributed by atoms with Gasteiger partial charge in [-0.05, 0) is 67.1 Å². The summed E-state index contributed by atoms with van der Waals surface area (Å²) in [6.45, 7) is 2.13. The number of aliphatic imine (C=N–C) groups is 1. The first-order chi connectivity index (χ1) is 15.5. The van der Waals surface area contributed by atoms with Crippen LogP contribution in [0.4, 0.5) is 4.39 Å². The average molecular weight is 431 g/mol. The predicted octanol–water partition coefficient (Wildman–Crippen LogP) is 4.79. The van der Waals surface area contributed by atoms with Gasteiger partial charge in [-0.25, -0.2) is 19.0 Å². The summed E-state index contributed by atoms with van der Waals surface area (Å²) in [6.07, 6.45) is 1.56. The van der Waals surface area contributed by atoms with Crippen molar-refractivity contribution in [3.63, 3.8) is 0 Å². The maximum atomic E-state index is 13.1. The Morgan fingerprint density at radius 2 is 1.78 bits per heavy atom. The second-order valence-corrected chi connectivity index (χ2v) is 6.74. The summed E-state index contributed by atoms with van der Waals surface area (Å²) in [6, 6.07) is 19.0. The molecule has 3 aromatic carbocycles. The van der Waals surface area contributed by atoms with E-state index in [4.69, 9.17) is 14.2 Å². The maximum Gasteiger partial charge on any atom is 0.363 e. The van der Waals surface area contributed by atoms with E-state index in [1.54, 1.807) is 43.3 Å². The van der Waals surface area contributed by atoms with Crippen molar-refractivity contribution < 1.29 is 28.2 Å². The minimum Gasteiger partial charge on any atom is -0.490 e. The lowest BCUT2D eigenvalue weighted by molar-refractivity contribution is -0.129. The fraction of sp³-hybridized carbons (Fsp3) is 0.0800. The molecule has 32 heavy (non-hydrogen) atoms. The summed E-state index contributed by atoms with van der Waals surface area (Å²) >= 11 is 0. The molecule has 3 aromatic rings. The lowest BCUT2D eigenvalue weighted by Gasteiger charge is -2.11. The first-order valence-electron chi connectivity index (χ1n) is 9.86. The molecule has 0 saturated heterocycles. The van der Waals surface area contributed by atoms with Crippen molar-refractivity contribution in [2.75, 3.05) is 6.61 Å². The molecule has 4 rings (SSSR count). The highest BCUT2D eigenvalue weighted by atomic mass is 19.1. The number of hydrogen-bond donors (Lipinski definition) is 0. The van der Waals surface area contributed by atoms with E-state index in [1.165, 1.54) is 24.3 Å². The zero-order valence-corrected chi connectivity index (χ0v) is 17.1. The summed E-state index contributed by atoms with van der Waals surface area (Å²) < 4.78 is 29.4. The molecule has 0 aromatic heterocycles. The van der Waals surface area contributed by atoms with Crippen LogP contribution in [-0.2, 0) is 9.53 Å². The number of carbonyl (C=O) groups excluding carboxylic acids is 2. The van der Waals surface area contributed by atoms with Crippen molar-refractivity contribution in [2.45, 2.75) is 6.92 Å². The van der Waals surface area contributed by atoms with Gasteiger partial charge in [0.15, 0.2) is 17.2 Å². The van der Waals surface area contributed by atoms with Crippen LogP contribution in [0.25, 0.3) is 6.08 Å². The number of hydrogen-bond acceptors (Lipinski definition) is 6. The Morgan fingerprint density at radius 3 is 2.50 bits per heavy atom. The second-order valence-electron chi connectivity index (χ2n) is 6.74. The number of benzene rings is 3. The number of esters is 2. The fourth-order valence-corrected chi connectivity index (χ4v) is 2.98. The molecule has 1 aliphatic rings. The van der Waals surface area contributed by atoms with Gasteiger partial charge in [0.25, 0.3) is 0 Å². The first-order valence-corrected chi connectivity index (χ1v) is 9.86. The van der Waals surface area contributed by atoms with Gasteiger partial charge in [-0.2, -0.15) is 0 Å². The standard InChI is InChI=1S/C25H18FNO5/c1-2-30-22-15-16(8-13-21(22)31-24(28)18-9-11-19(26)12-10-18)14-20-25(29)32-23(27-20)17-6-4-3-5-7-17/h3-15H,2H2,1H3/b20-14+. The number of cyclic esters (lactones) is 1. The Kier molecular flexibility index (Phi) is 6.07. The van der Waals surface area contributed by atoms with Crippen LogP contribution in [0.5, 0.6) is 11.5 Å². The van der Waals surface area contributed by atoms with Gasteiger partial charge in [-0.1, -0.05) is 24.3 Å². The van der Waals surface area contributed by atoms with Gasteiger partial charge < -0.3 is 14.2 Å². The van der Waals surface area contributed by atoms with E-state index in [0.29, 0.717) is 23.5 Å². The van der Waals surface area contributed by atoms with Crippen molar-refractivity contribution in [3.05, 3.63) is 101 Å². The molecule has 0 atom stereocenters. The molecule has 0 aliphatic carbocycles. The predicted molar refractivity (Wildman–Crippen MR) is 116 cm³/mol. The molecule has 7 heteroatoms. The van der Waals surface area contributed by atoms with E-state index in [2.05, 4.69) is 4.99 Å². The van der Waals surface area contributed by atoms with Crippen molar-refractivity contribution in [1.29, 1.82) is 0 Å². The van der Waals surface area contributed by atoms with E-state index in [1.807, 2.05) is 18.2 Å². The van der Waals surface area contributed by atoms with Crippen molar-refractivity contribution in [1.82, 2.24) is 0 Å². The quantitative estimate of drug-likeness (QED) is 0.319. The smallest absolute Gasteiger partial charge is 0.363 e. The number of halogens is 1. The SMILES string of the molecule is CCOc1cc(/C=C2/N=C(c3ccccc3)OC2=O)ccc1OC(=O)c1ccc(F)cc1. The van der Waals surface area contributed by atoms with Crippen LogP contribution in [0, 0.1) is 5.82 Å². The zero-order valence-electron chi connectivity index (χ0n) is 17.1. The van der Waals surface area contributed by atoms with E-state index >= 15 is 0 Å². The normalized spacial score (nSPS) is 14.1. The lowest BCUT2D eigenvalue weighted by atomic mass is 10.1. The molecular formula is C25H18FNO5. The van der Waals surface area contributed by atoms with Gasteiger partial charge in [-0.15, -0.1) is 0 Å². The minimum atomic E-state index is -0.645. The molecule has 6 nitrogen and oxygen atoms in total. The second kappa shape index (κ2) is 9.26. The molecule has 1 heterocycles. The van der Waals surface area contributed by atoms with Crippen molar-refractivity contribution in [2.24, 2.45) is 4.99 Å². The Balaban J connectivity index is 1.58. The highest BCUT2D eigenvalue weighted by molar-refractivity contribution is 6.12. The highest BCUT2D eigenvalue weighted by Gasteiger charge is 2.24. The molecule has 0 radical (unpaired) electrons. The summed E-state index contributed by atoms with van der Waals surface area (Å²) in [4.78, 5) is 28.9. The molecular weight excluding hydrogens is 413 g/mol.